The number of rotatable bonds is 4. The summed E-state index contributed by atoms with van der Waals surface area (Å²) in [7, 11) is 1.66. The van der Waals surface area contributed by atoms with Crippen LogP contribution in [-0.2, 0) is 0 Å². The predicted molar refractivity (Wildman–Crippen MR) is 71.9 cm³/mol. The van der Waals surface area contributed by atoms with Gasteiger partial charge < -0.3 is 15.4 Å². The molecule has 0 bridgehead atoms. The zero-order chi connectivity index (χ0) is 13.0. The van der Waals surface area contributed by atoms with Crippen molar-refractivity contribution in [1.82, 2.24) is 0 Å². The standard InChI is InChI=1S/C14H21FN2O/c1-18-13-4-2-3-12(9-13)17-7-5-14(10-15,11-16)6-8-17/h2-4,9H,5-8,10-11,16H2,1H3. The molecule has 1 saturated heterocycles. The van der Waals surface area contributed by atoms with Crippen LogP contribution in [0.3, 0.4) is 0 Å². The number of halogens is 1. The Bertz CT molecular complexity index is 383. The summed E-state index contributed by atoms with van der Waals surface area (Å²) in [4.78, 5) is 2.27. The lowest BCUT2D eigenvalue weighted by Gasteiger charge is -2.40. The van der Waals surface area contributed by atoms with Crippen LogP contribution >= 0.6 is 0 Å². The smallest absolute Gasteiger partial charge is 0.120 e. The summed E-state index contributed by atoms with van der Waals surface area (Å²) in [5, 5.41) is 0. The van der Waals surface area contributed by atoms with E-state index in [1.54, 1.807) is 7.11 Å². The monoisotopic (exact) mass is 252 g/mol. The van der Waals surface area contributed by atoms with Crippen LogP contribution in [0.5, 0.6) is 5.75 Å². The van der Waals surface area contributed by atoms with Crippen LogP contribution in [-0.4, -0.2) is 33.4 Å². The van der Waals surface area contributed by atoms with Crippen molar-refractivity contribution in [2.45, 2.75) is 12.8 Å². The van der Waals surface area contributed by atoms with E-state index in [-0.39, 0.29) is 12.1 Å². The zero-order valence-electron chi connectivity index (χ0n) is 10.9. The van der Waals surface area contributed by atoms with Gasteiger partial charge in [-0.3, -0.25) is 4.39 Å². The molecule has 0 aromatic heterocycles. The number of hydrogen-bond acceptors (Lipinski definition) is 3. The molecular weight excluding hydrogens is 231 g/mol. The third-order valence-corrected chi connectivity index (χ3v) is 3.96. The van der Waals surface area contributed by atoms with Crippen molar-refractivity contribution in [2.24, 2.45) is 11.1 Å². The Kier molecular flexibility index (Phi) is 4.07. The summed E-state index contributed by atoms with van der Waals surface area (Å²) in [6.45, 7) is 1.84. The maximum atomic E-state index is 13.1. The first-order valence-electron chi connectivity index (χ1n) is 6.38. The number of piperidine rings is 1. The molecule has 4 heteroatoms. The third kappa shape index (κ3) is 2.58. The van der Waals surface area contributed by atoms with Gasteiger partial charge >= 0.3 is 0 Å². The Balaban J connectivity index is 2.04. The van der Waals surface area contributed by atoms with E-state index >= 15 is 0 Å². The Morgan fingerprint density at radius 2 is 2.11 bits per heavy atom. The minimum absolute atomic E-state index is 0.296. The molecule has 1 aliphatic heterocycles. The molecule has 2 N–H and O–H groups in total. The fraction of sp³-hybridized carbons (Fsp3) is 0.571. The molecule has 0 radical (unpaired) electrons. The van der Waals surface area contributed by atoms with Crippen LogP contribution in [0, 0.1) is 5.41 Å². The first-order valence-corrected chi connectivity index (χ1v) is 6.38. The van der Waals surface area contributed by atoms with Crippen molar-refractivity contribution in [3.8, 4) is 5.75 Å². The molecule has 1 aromatic carbocycles. The van der Waals surface area contributed by atoms with Gasteiger partial charge in [0.2, 0.25) is 0 Å². The van der Waals surface area contributed by atoms with E-state index < -0.39 is 0 Å². The van der Waals surface area contributed by atoms with Crippen molar-refractivity contribution >= 4 is 5.69 Å². The van der Waals surface area contributed by atoms with E-state index in [9.17, 15) is 4.39 Å². The lowest BCUT2D eigenvalue weighted by atomic mass is 9.79. The van der Waals surface area contributed by atoms with E-state index in [1.807, 2.05) is 18.2 Å². The van der Waals surface area contributed by atoms with Gasteiger partial charge in [-0.15, -0.1) is 0 Å². The van der Waals surface area contributed by atoms with Gasteiger partial charge in [-0.1, -0.05) is 6.07 Å². The van der Waals surface area contributed by atoms with Gasteiger partial charge in [0, 0.05) is 36.8 Å². The molecule has 0 saturated carbocycles. The molecule has 0 atom stereocenters. The number of methoxy groups -OCH3 is 1. The van der Waals surface area contributed by atoms with E-state index in [4.69, 9.17) is 10.5 Å². The number of anilines is 1. The highest BCUT2D eigenvalue weighted by Crippen LogP contribution is 2.33. The molecule has 1 aliphatic rings. The van der Waals surface area contributed by atoms with Crippen LogP contribution in [0.2, 0.25) is 0 Å². The molecule has 0 spiro atoms. The van der Waals surface area contributed by atoms with Gasteiger partial charge in [0.1, 0.15) is 5.75 Å². The van der Waals surface area contributed by atoms with Crippen molar-refractivity contribution in [3.05, 3.63) is 24.3 Å². The highest BCUT2D eigenvalue weighted by molar-refractivity contribution is 5.51. The predicted octanol–water partition coefficient (Wildman–Crippen LogP) is 2.21. The van der Waals surface area contributed by atoms with E-state index in [2.05, 4.69) is 11.0 Å². The largest absolute Gasteiger partial charge is 0.497 e. The zero-order valence-corrected chi connectivity index (χ0v) is 10.9. The van der Waals surface area contributed by atoms with Crippen molar-refractivity contribution in [1.29, 1.82) is 0 Å². The van der Waals surface area contributed by atoms with Crippen LogP contribution in [0.15, 0.2) is 24.3 Å². The Morgan fingerprint density at radius 3 is 2.67 bits per heavy atom. The topological polar surface area (TPSA) is 38.5 Å². The average molecular weight is 252 g/mol. The number of nitrogens with two attached hydrogens (primary N) is 1. The molecule has 3 nitrogen and oxygen atoms in total. The van der Waals surface area contributed by atoms with E-state index in [0.717, 1.165) is 37.4 Å². The molecule has 18 heavy (non-hydrogen) atoms. The van der Waals surface area contributed by atoms with Crippen LogP contribution in [0.1, 0.15) is 12.8 Å². The van der Waals surface area contributed by atoms with Crippen LogP contribution in [0.25, 0.3) is 0 Å². The van der Waals surface area contributed by atoms with Gasteiger partial charge in [0.05, 0.1) is 13.8 Å². The van der Waals surface area contributed by atoms with Crippen molar-refractivity contribution < 1.29 is 9.13 Å². The lowest BCUT2D eigenvalue weighted by molar-refractivity contribution is 0.168. The second-order valence-corrected chi connectivity index (χ2v) is 5.03. The summed E-state index contributed by atoms with van der Waals surface area (Å²) < 4.78 is 18.3. The van der Waals surface area contributed by atoms with E-state index in [1.165, 1.54) is 0 Å². The minimum Gasteiger partial charge on any atom is -0.497 e. The molecule has 0 unspecified atom stereocenters. The quantitative estimate of drug-likeness (QED) is 0.893. The number of hydrogen-bond donors (Lipinski definition) is 1. The van der Waals surface area contributed by atoms with Crippen molar-refractivity contribution in [3.63, 3.8) is 0 Å². The lowest BCUT2D eigenvalue weighted by Crippen LogP contribution is -2.45. The first kappa shape index (κ1) is 13.1. The maximum Gasteiger partial charge on any atom is 0.120 e. The second-order valence-electron chi connectivity index (χ2n) is 5.03. The molecule has 100 valence electrons. The van der Waals surface area contributed by atoms with Crippen LogP contribution < -0.4 is 15.4 Å². The third-order valence-electron chi connectivity index (χ3n) is 3.96. The molecule has 2 rings (SSSR count). The Labute approximate surface area is 108 Å². The summed E-state index contributed by atoms with van der Waals surface area (Å²) >= 11 is 0. The van der Waals surface area contributed by atoms with Gasteiger partial charge in [-0.25, -0.2) is 0 Å². The normalized spacial score (nSPS) is 18.7. The number of benzene rings is 1. The summed E-state index contributed by atoms with van der Waals surface area (Å²) in [6.07, 6.45) is 1.63. The molecule has 0 amide bonds. The van der Waals surface area contributed by atoms with Gasteiger partial charge in [0.25, 0.3) is 0 Å². The maximum absolute atomic E-state index is 13.1. The first-order chi connectivity index (χ1) is 8.73. The van der Waals surface area contributed by atoms with Gasteiger partial charge in [0.15, 0.2) is 0 Å². The Hall–Kier alpha value is -1.29. The van der Waals surface area contributed by atoms with E-state index in [0.29, 0.717) is 6.54 Å². The van der Waals surface area contributed by atoms with Crippen LogP contribution in [0.4, 0.5) is 10.1 Å². The Morgan fingerprint density at radius 1 is 1.39 bits per heavy atom. The fourth-order valence-electron chi connectivity index (χ4n) is 2.44. The molecule has 1 aromatic rings. The molecule has 0 aliphatic carbocycles. The molecule has 1 heterocycles. The number of nitrogens with zero attached hydrogens (tertiary/aromatic N) is 1. The molecule has 1 fully saturated rings. The SMILES string of the molecule is COc1cccc(N2CCC(CN)(CF)CC2)c1. The second kappa shape index (κ2) is 5.57. The average Bonchev–Trinajstić information content (AvgIpc) is 2.47. The highest BCUT2D eigenvalue weighted by Gasteiger charge is 2.33. The molecular formula is C14H21FN2O. The fourth-order valence-corrected chi connectivity index (χ4v) is 2.44. The summed E-state index contributed by atoms with van der Waals surface area (Å²) in [5.74, 6) is 0.855. The minimum atomic E-state index is -0.310. The van der Waals surface area contributed by atoms with Gasteiger partial charge in [-0.2, -0.15) is 0 Å². The highest BCUT2D eigenvalue weighted by atomic mass is 19.1. The summed E-state index contributed by atoms with van der Waals surface area (Å²) in [5.41, 5.74) is 6.54. The van der Waals surface area contributed by atoms with Gasteiger partial charge in [-0.05, 0) is 25.0 Å². The van der Waals surface area contributed by atoms with Crippen molar-refractivity contribution in [2.75, 3.05) is 38.3 Å². The summed E-state index contributed by atoms with van der Waals surface area (Å²) in [6, 6.07) is 7.99. The number of ether oxygens (including phenoxy) is 1. The number of alkyl halides is 1.